The highest BCUT2D eigenvalue weighted by Crippen LogP contribution is 2.31. The molecule has 0 unspecified atom stereocenters. The summed E-state index contributed by atoms with van der Waals surface area (Å²) in [7, 11) is 1.93. The van der Waals surface area contributed by atoms with Crippen molar-refractivity contribution < 1.29 is 9.47 Å². The zero-order valence-electron chi connectivity index (χ0n) is 12.1. The van der Waals surface area contributed by atoms with Crippen LogP contribution in [0.1, 0.15) is 18.9 Å². The molecule has 2 rings (SSSR count). The lowest BCUT2D eigenvalue weighted by atomic mass is 10.2. The molecule has 0 spiro atoms. The molecule has 0 heterocycles. The molecule has 0 radical (unpaired) electrons. The van der Waals surface area contributed by atoms with Crippen LogP contribution in [0.25, 0.3) is 0 Å². The van der Waals surface area contributed by atoms with Crippen molar-refractivity contribution in [3.05, 3.63) is 54.1 Å². The van der Waals surface area contributed by atoms with Crippen LogP contribution >= 0.6 is 0 Å². The molecule has 1 N–H and O–H groups in total. The average Bonchev–Trinajstić information content (AvgIpc) is 2.47. The van der Waals surface area contributed by atoms with E-state index in [1.807, 2.05) is 49.5 Å². The molecule has 0 saturated heterocycles. The molecule has 0 aliphatic carbocycles. The zero-order chi connectivity index (χ0) is 14.2. The van der Waals surface area contributed by atoms with E-state index in [9.17, 15) is 0 Å². The van der Waals surface area contributed by atoms with Crippen LogP contribution in [-0.2, 0) is 6.54 Å². The Kier molecular flexibility index (Phi) is 5.44. The van der Waals surface area contributed by atoms with Gasteiger partial charge in [-0.1, -0.05) is 31.2 Å². The number of benzene rings is 2. The molecule has 0 aliphatic rings. The quantitative estimate of drug-likeness (QED) is 0.826. The van der Waals surface area contributed by atoms with Gasteiger partial charge in [0.2, 0.25) is 0 Å². The molecule has 0 bridgehead atoms. The molecule has 3 nitrogen and oxygen atoms in total. The van der Waals surface area contributed by atoms with Gasteiger partial charge >= 0.3 is 0 Å². The third-order valence-electron chi connectivity index (χ3n) is 2.82. The Hall–Kier alpha value is -2.00. The second kappa shape index (κ2) is 7.56. The van der Waals surface area contributed by atoms with Gasteiger partial charge in [-0.2, -0.15) is 0 Å². The van der Waals surface area contributed by atoms with E-state index in [1.165, 1.54) is 5.56 Å². The maximum absolute atomic E-state index is 5.94. The van der Waals surface area contributed by atoms with E-state index in [4.69, 9.17) is 9.47 Å². The predicted molar refractivity (Wildman–Crippen MR) is 81.5 cm³/mol. The van der Waals surface area contributed by atoms with Crippen molar-refractivity contribution in [1.29, 1.82) is 0 Å². The van der Waals surface area contributed by atoms with Gasteiger partial charge < -0.3 is 14.8 Å². The number of ether oxygens (including phenoxy) is 2. The van der Waals surface area contributed by atoms with E-state index in [-0.39, 0.29) is 0 Å². The lowest BCUT2D eigenvalue weighted by Crippen LogP contribution is -2.04. The first-order valence-electron chi connectivity index (χ1n) is 6.96. The second-order valence-corrected chi connectivity index (χ2v) is 4.57. The van der Waals surface area contributed by atoms with Gasteiger partial charge in [0.15, 0.2) is 11.5 Å². The van der Waals surface area contributed by atoms with Crippen LogP contribution in [0.4, 0.5) is 0 Å². The third-order valence-corrected chi connectivity index (χ3v) is 2.82. The second-order valence-electron chi connectivity index (χ2n) is 4.57. The lowest BCUT2D eigenvalue weighted by Gasteiger charge is -2.12. The Labute approximate surface area is 120 Å². The summed E-state index contributed by atoms with van der Waals surface area (Å²) in [5, 5.41) is 3.13. The minimum absolute atomic E-state index is 0.695. The van der Waals surface area contributed by atoms with Crippen molar-refractivity contribution >= 4 is 0 Å². The first-order chi connectivity index (χ1) is 9.83. The van der Waals surface area contributed by atoms with Crippen molar-refractivity contribution in [2.45, 2.75) is 19.9 Å². The molecule has 3 heteroatoms. The Bertz CT molecular complexity index is 540. The highest BCUT2D eigenvalue weighted by atomic mass is 16.5. The summed E-state index contributed by atoms with van der Waals surface area (Å²) in [6, 6.07) is 15.8. The molecule has 20 heavy (non-hydrogen) atoms. The van der Waals surface area contributed by atoms with Crippen LogP contribution in [0, 0.1) is 0 Å². The average molecular weight is 271 g/mol. The molecule has 0 fully saturated rings. The molecule has 0 aliphatic heterocycles. The monoisotopic (exact) mass is 271 g/mol. The lowest BCUT2D eigenvalue weighted by molar-refractivity contribution is 0.302. The van der Waals surface area contributed by atoms with Crippen molar-refractivity contribution in [2.75, 3.05) is 13.7 Å². The van der Waals surface area contributed by atoms with E-state index >= 15 is 0 Å². The highest BCUT2D eigenvalue weighted by molar-refractivity contribution is 5.43. The van der Waals surface area contributed by atoms with Crippen LogP contribution in [0.5, 0.6) is 17.2 Å². The number of para-hydroxylation sites is 2. The number of rotatable bonds is 7. The van der Waals surface area contributed by atoms with Crippen LogP contribution in [0.2, 0.25) is 0 Å². The van der Waals surface area contributed by atoms with Gasteiger partial charge in [0.25, 0.3) is 0 Å². The molecular weight excluding hydrogens is 250 g/mol. The molecular formula is C17H21NO2. The van der Waals surface area contributed by atoms with Gasteiger partial charge in [0.1, 0.15) is 5.75 Å². The normalized spacial score (nSPS) is 10.3. The molecule has 0 aromatic heterocycles. The van der Waals surface area contributed by atoms with Crippen LogP contribution in [0.3, 0.4) is 0 Å². The smallest absolute Gasteiger partial charge is 0.169 e. The van der Waals surface area contributed by atoms with Gasteiger partial charge in [0, 0.05) is 6.54 Å². The fraction of sp³-hybridized carbons (Fsp3) is 0.294. The SMILES string of the molecule is CCCOc1ccccc1Oc1cccc(CNC)c1. The summed E-state index contributed by atoms with van der Waals surface area (Å²) >= 11 is 0. The topological polar surface area (TPSA) is 30.5 Å². The first kappa shape index (κ1) is 14.4. The molecule has 2 aromatic rings. The van der Waals surface area contributed by atoms with Gasteiger partial charge in [-0.15, -0.1) is 0 Å². The molecule has 2 aromatic carbocycles. The summed E-state index contributed by atoms with van der Waals surface area (Å²) < 4.78 is 11.6. The Balaban J connectivity index is 2.14. The molecule has 106 valence electrons. The van der Waals surface area contributed by atoms with Gasteiger partial charge in [-0.25, -0.2) is 0 Å². The Morgan fingerprint density at radius 2 is 1.80 bits per heavy atom. The standard InChI is InChI=1S/C17H21NO2/c1-3-11-19-16-9-4-5-10-17(16)20-15-8-6-7-14(12-15)13-18-2/h4-10,12,18H,3,11,13H2,1-2H3. The van der Waals surface area contributed by atoms with Crippen LogP contribution < -0.4 is 14.8 Å². The number of hydrogen-bond acceptors (Lipinski definition) is 3. The zero-order valence-corrected chi connectivity index (χ0v) is 12.1. The molecule has 0 saturated carbocycles. The van der Waals surface area contributed by atoms with E-state index in [1.54, 1.807) is 0 Å². The molecule has 0 atom stereocenters. The summed E-state index contributed by atoms with van der Waals surface area (Å²) in [4.78, 5) is 0. The van der Waals surface area contributed by atoms with Gasteiger partial charge in [-0.05, 0) is 43.3 Å². The summed E-state index contributed by atoms with van der Waals surface area (Å²) in [5.74, 6) is 2.36. The van der Waals surface area contributed by atoms with Crippen molar-refractivity contribution in [3.8, 4) is 17.2 Å². The van der Waals surface area contributed by atoms with E-state index in [0.717, 1.165) is 30.2 Å². The Morgan fingerprint density at radius 3 is 2.55 bits per heavy atom. The largest absolute Gasteiger partial charge is 0.490 e. The minimum atomic E-state index is 0.695. The van der Waals surface area contributed by atoms with Gasteiger partial charge in [0.05, 0.1) is 6.61 Å². The third kappa shape index (κ3) is 4.00. The summed E-state index contributed by atoms with van der Waals surface area (Å²) in [6.07, 6.45) is 0.978. The van der Waals surface area contributed by atoms with Gasteiger partial charge in [-0.3, -0.25) is 0 Å². The van der Waals surface area contributed by atoms with E-state index in [0.29, 0.717) is 6.61 Å². The predicted octanol–water partition coefficient (Wildman–Crippen LogP) is 3.99. The molecule has 0 amide bonds. The Morgan fingerprint density at radius 1 is 1.00 bits per heavy atom. The number of hydrogen-bond donors (Lipinski definition) is 1. The van der Waals surface area contributed by atoms with Crippen LogP contribution in [-0.4, -0.2) is 13.7 Å². The van der Waals surface area contributed by atoms with Crippen LogP contribution in [0.15, 0.2) is 48.5 Å². The fourth-order valence-electron chi connectivity index (χ4n) is 1.92. The fourth-order valence-corrected chi connectivity index (χ4v) is 1.92. The minimum Gasteiger partial charge on any atom is -0.490 e. The van der Waals surface area contributed by atoms with E-state index in [2.05, 4.69) is 18.3 Å². The maximum atomic E-state index is 5.94. The van der Waals surface area contributed by atoms with Crippen molar-refractivity contribution in [1.82, 2.24) is 5.32 Å². The highest BCUT2D eigenvalue weighted by Gasteiger charge is 2.05. The van der Waals surface area contributed by atoms with E-state index < -0.39 is 0 Å². The van der Waals surface area contributed by atoms with Crippen molar-refractivity contribution in [2.24, 2.45) is 0 Å². The van der Waals surface area contributed by atoms with Crippen molar-refractivity contribution in [3.63, 3.8) is 0 Å². The summed E-state index contributed by atoms with van der Waals surface area (Å²) in [6.45, 7) is 3.61. The summed E-state index contributed by atoms with van der Waals surface area (Å²) in [5.41, 5.74) is 1.19. The number of nitrogens with one attached hydrogen (secondary N) is 1. The maximum Gasteiger partial charge on any atom is 0.169 e. The first-order valence-corrected chi connectivity index (χ1v) is 6.96.